The van der Waals surface area contributed by atoms with Crippen molar-refractivity contribution >= 4 is 6.09 Å². The molecule has 0 saturated carbocycles. The Morgan fingerprint density at radius 2 is 2.00 bits per heavy atom. The third-order valence-electron chi connectivity index (χ3n) is 2.31. The average molecular weight is 187 g/mol. The SMILES string of the molecule is CCCC(C(C)C)N(C)C(=O)OC. The van der Waals surface area contributed by atoms with Crippen LogP contribution in [0.5, 0.6) is 0 Å². The zero-order chi connectivity index (χ0) is 10.4. The van der Waals surface area contributed by atoms with E-state index in [1.165, 1.54) is 7.11 Å². The van der Waals surface area contributed by atoms with E-state index in [0.717, 1.165) is 12.8 Å². The van der Waals surface area contributed by atoms with Crippen molar-refractivity contribution in [2.24, 2.45) is 5.92 Å². The van der Waals surface area contributed by atoms with Crippen LogP contribution in [0.15, 0.2) is 0 Å². The number of ether oxygens (including phenoxy) is 1. The maximum atomic E-state index is 11.2. The maximum absolute atomic E-state index is 11.2. The Labute approximate surface area is 81.1 Å². The van der Waals surface area contributed by atoms with Crippen molar-refractivity contribution < 1.29 is 9.53 Å². The lowest BCUT2D eigenvalue weighted by Crippen LogP contribution is -2.40. The molecule has 1 amide bonds. The molecule has 0 aromatic rings. The molecule has 1 unspecified atom stereocenters. The van der Waals surface area contributed by atoms with Gasteiger partial charge in [0.05, 0.1) is 7.11 Å². The minimum absolute atomic E-state index is 0.243. The summed E-state index contributed by atoms with van der Waals surface area (Å²) in [6, 6.07) is 0.289. The number of carbonyl (C=O) groups is 1. The molecule has 0 N–H and O–H groups in total. The Morgan fingerprint density at radius 3 is 2.31 bits per heavy atom. The van der Waals surface area contributed by atoms with Crippen molar-refractivity contribution in [3.05, 3.63) is 0 Å². The molecule has 0 aliphatic carbocycles. The summed E-state index contributed by atoms with van der Waals surface area (Å²) >= 11 is 0. The number of hydrogen-bond donors (Lipinski definition) is 0. The van der Waals surface area contributed by atoms with Gasteiger partial charge < -0.3 is 9.64 Å². The summed E-state index contributed by atoms with van der Waals surface area (Å²) in [6.45, 7) is 6.38. The predicted molar refractivity (Wildman–Crippen MR) is 53.7 cm³/mol. The Bertz CT molecular complexity index is 157. The van der Waals surface area contributed by atoms with Crippen LogP contribution >= 0.6 is 0 Å². The molecule has 0 spiro atoms. The van der Waals surface area contributed by atoms with Gasteiger partial charge in [-0.2, -0.15) is 0 Å². The van der Waals surface area contributed by atoms with Crippen molar-refractivity contribution in [2.75, 3.05) is 14.2 Å². The van der Waals surface area contributed by atoms with Crippen LogP contribution in [0.3, 0.4) is 0 Å². The van der Waals surface area contributed by atoms with E-state index in [0.29, 0.717) is 5.92 Å². The second-order valence-corrected chi connectivity index (χ2v) is 3.68. The van der Waals surface area contributed by atoms with Gasteiger partial charge in [0.15, 0.2) is 0 Å². The minimum Gasteiger partial charge on any atom is -0.453 e. The smallest absolute Gasteiger partial charge is 0.409 e. The van der Waals surface area contributed by atoms with Gasteiger partial charge in [0, 0.05) is 13.1 Å². The lowest BCUT2D eigenvalue weighted by molar-refractivity contribution is 0.103. The van der Waals surface area contributed by atoms with Gasteiger partial charge in [0.25, 0.3) is 0 Å². The summed E-state index contributed by atoms with van der Waals surface area (Å²) < 4.78 is 4.68. The monoisotopic (exact) mass is 187 g/mol. The van der Waals surface area contributed by atoms with Crippen molar-refractivity contribution in [3.63, 3.8) is 0 Å². The first kappa shape index (κ1) is 12.3. The fourth-order valence-electron chi connectivity index (χ4n) is 1.55. The van der Waals surface area contributed by atoms with E-state index in [1.807, 2.05) is 0 Å². The van der Waals surface area contributed by atoms with E-state index < -0.39 is 0 Å². The van der Waals surface area contributed by atoms with Crippen LogP contribution in [0.1, 0.15) is 33.6 Å². The summed E-state index contributed by atoms with van der Waals surface area (Å²) in [7, 11) is 3.22. The quantitative estimate of drug-likeness (QED) is 0.676. The van der Waals surface area contributed by atoms with Crippen LogP contribution in [0.2, 0.25) is 0 Å². The number of amides is 1. The molecule has 0 rings (SSSR count). The zero-order valence-corrected chi connectivity index (χ0v) is 9.33. The van der Waals surface area contributed by atoms with Crippen molar-refractivity contribution in [1.82, 2.24) is 4.90 Å². The number of hydrogen-bond acceptors (Lipinski definition) is 2. The first-order chi connectivity index (χ1) is 6.04. The third-order valence-corrected chi connectivity index (χ3v) is 2.31. The normalized spacial score (nSPS) is 12.8. The second kappa shape index (κ2) is 5.84. The van der Waals surface area contributed by atoms with Gasteiger partial charge in [-0.05, 0) is 12.3 Å². The van der Waals surface area contributed by atoms with Crippen LogP contribution in [0, 0.1) is 5.92 Å². The molecule has 3 heteroatoms. The topological polar surface area (TPSA) is 29.5 Å². The van der Waals surface area contributed by atoms with Crippen molar-refractivity contribution in [1.29, 1.82) is 0 Å². The molecular formula is C10H21NO2. The molecule has 0 saturated heterocycles. The van der Waals surface area contributed by atoms with Gasteiger partial charge in [0.1, 0.15) is 0 Å². The molecule has 3 nitrogen and oxygen atoms in total. The van der Waals surface area contributed by atoms with Crippen LogP contribution < -0.4 is 0 Å². The Balaban J connectivity index is 4.26. The van der Waals surface area contributed by atoms with E-state index in [-0.39, 0.29) is 12.1 Å². The molecule has 0 bridgehead atoms. The van der Waals surface area contributed by atoms with Gasteiger partial charge >= 0.3 is 6.09 Å². The van der Waals surface area contributed by atoms with Crippen LogP contribution in [0.25, 0.3) is 0 Å². The molecule has 78 valence electrons. The fourth-order valence-corrected chi connectivity index (χ4v) is 1.55. The Hall–Kier alpha value is -0.730. The highest BCUT2D eigenvalue weighted by Crippen LogP contribution is 2.15. The molecule has 13 heavy (non-hydrogen) atoms. The predicted octanol–water partition coefficient (Wildman–Crippen LogP) is 2.51. The first-order valence-electron chi connectivity index (χ1n) is 4.85. The van der Waals surface area contributed by atoms with Gasteiger partial charge in [-0.1, -0.05) is 27.2 Å². The highest BCUT2D eigenvalue weighted by Gasteiger charge is 2.22. The zero-order valence-electron chi connectivity index (χ0n) is 9.33. The molecular weight excluding hydrogens is 166 g/mol. The minimum atomic E-state index is -0.243. The van der Waals surface area contributed by atoms with E-state index >= 15 is 0 Å². The third kappa shape index (κ3) is 3.66. The van der Waals surface area contributed by atoms with Gasteiger partial charge in [-0.3, -0.25) is 0 Å². The molecule has 0 heterocycles. The number of carbonyl (C=O) groups excluding carboxylic acids is 1. The molecule has 0 aliphatic heterocycles. The summed E-state index contributed by atoms with van der Waals surface area (Å²) in [5.74, 6) is 0.476. The Kier molecular flexibility index (Phi) is 5.51. The molecule has 1 atom stereocenters. The van der Waals surface area contributed by atoms with Gasteiger partial charge in [-0.15, -0.1) is 0 Å². The largest absolute Gasteiger partial charge is 0.453 e. The first-order valence-corrected chi connectivity index (χ1v) is 4.85. The fraction of sp³-hybridized carbons (Fsp3) is 0.900. The van der Waals surface area contributed by atoms with E-state index in [9.17, 15) is 4.79 Å². The second-order valence-electron chi connectivity index (χ2n) is 3.68. The van der Waals surface area contributed by atoms with Crippen LogP contribution in [0.4, 0.5) is 4.79 Å². The molecule has 0 aromatic heterocycles. The molecule has 0 fully saturated rings. The summed E-state index contributed by atoms with van der Waals surface area (Å²) in [4.78, 5) is 12.9. The molecule has 0 aliphatic rings. The van der Waals surface area contributed by atoms with E-state index in [1.54, 1.807) is 11.9 Å². The maximum Gasteiger partial charge on any atom is 0.409 e. The lowest BCUT2D eigenvalue weighted by Gasteiger charge is -2.29. The summed E-state index contributed by atoms with van der Waals surface area (Å²) in [6.07, 6.45) is 1.88. The summed E-state index contributed by atoms with van der Waals surface area (Å²) in [5.41, 5.74) is 0. The molecule has 0 radical (unpaired) electrons. The van der Waals surface area contributed by atoms with E-state index in [2.05, 4.69) is 25.5 Å². The Morgan fingerprint density at radius 1 is 1.46 bits per heavy atom. The van der Waals surface area contributed by atoms with Gasteiger partial charge in [-0.25, -0.2) is 4.79 Å². The standard InChI is InChI=1S/C10H21NO2/c1-6-7-9(8(2)3)11(4)10(12)13-5/h8-9H,6-7H2,1-5H3. The van der Waals surface area contributed by atoms with Crippen molar-refractivity contribution in [3.8, 4) is 0 Å². The molecule has 0 aromatic carbocycles. The van der Waals surface area contributed by atoms with E-state index in [4.69, 9.17) is 0 Å². The highest BCUT2D eigenvalue weighted by molar-refractivity contribution is 5.67. The summed E-state index contributed by atoms with van der Waals surface area (Å²) in [5, 5.41) is 0. The van der Waals surface area contributed by atoms with Crippen molar-refractivity contribution in [2.45, 2.75) is 39.7 Å². The van der Waals surface area contributed by atoms with Crippen LogP contribution in [-0.4, -0.2) is 31.2 Å². The number of nitrogens with zero attached hydrogens (tertiary/aromatic N) is 1. The average Bonchev–Trinajstić information content (AvgIpc) is 2.11. The lowest BCUT2D eigenvalue weighted by atomic mass is 9.99. The number of methoxy groups -OCH3 is 1. The number of rotatable bonds is 4. The highest BCUT2D eigenvalue weighted by atomic mass is 16.5. The van der Waals surface area contributed by atoms with Crippen LogP contribution in [-0.2, 0) is 4.74 Å². The van der Waals surface area contributed by atoms with Gasteiger partial charge in [0.2, 0.25) is 0 Å².